The van der Waals surface area contributed by atoms with Gasteiger partial charge in [0.25, 0.3) is 0 Å². The van der Waals surface area contributed by atoms with Crippen LogP contribution in [0.3, 0.4) is 0 Å². The first-order valence-electron chi connectivity index (χ1n) is 5.92. The van der Waals surface area contributed by atoms with Gasteiger partial charge < -0.3 is 4.74 Å². The Balaban J connectivity index is 2.16. The first kappa shape index (κ1) is 9.59. The van der Waals surface area contributed by atoms with Crippen LogP contribution in [0.1, 0.15) is 33.6 Å². The van der Waals surface area contributed by atoms with Crippen LogP contribution >= 0.6 is 0 Å². The van der Waals surface area contributed by atoms with Crippen LogP contribution in [0.5, 0.6) is 0 Å². The zero-order chi connectivity index (χ0) is 10.8. The number of hydrogen-bond donors (Lipinski definition) is 0. The summed E-state index contributed by atoms with van der Waals surface area (Å²) in [7, 11) is 0. The monoisotopic (exact) mass is 206 g/mol. The van der Waals surface area contributed by atoms with E-state index in [2.05, 4.69) is 32.9 Å². The molecule has 3 aliphatic rings. The van der Waals surface area contributed by atoms with Gasteiger partial charge in [0.2, 0.25) is 0 Å². The molecular weight excluding hydrogens is 188 g/mol. The number of fused-ring (bicyclic) bond motifs is 6. The van der Waals surface area contributed by atoms with Gasteiger partial charge in [-0.1, -0.05) is 25.5 Å². The molecule has 2 heterocycles. The van der Waals surface area contributed by atoms with Crippen molar-refractivity contribution >= 4 is 5.78 Å². The number of carbonyl (C=O) groups is 1. The van der Waals surface area contributed by atoms with E-state index in [0.717, 1.165) is 12.8 Å². The summed E-state index contributed by atoms with van der Waals surface area (Å²) in [6.45, 7) is 6.37. The smallest absolute Gasteiger partial charge is 0.150 e. The Labute approximate surface area is 90.7 Å². The molecule has 0 aromatic carbocycles. The molecule has 1 saturated carbocycles. The molecule has 2 fully saturated rings. The molecule has 15 heavy (non-hydrogen) atoms. The van der Waals surface area contributed by atoms with Crippen LogP contribution in [0.4, 0.5) is 0 Å². The van der Waals surface area contributed by atoms with Gasteiger partial charge in [-0.05, 0) is 26.2 Å². The molecule has 0 radical (unpaired) electrons. The Hall–Kier alpha value is -0.630. The summed E-state index contributed by atoms with van der Waals surface area (Å²) >= 11 is 0. The molecule has 0 N–H and O–H groups in total. The third-order valence-electron chi connectivity index (χ3n) is 4.99. The summed E-state index contributed by atoms with van der Waals surface area (Å²) in [4.78, 5) is 12.5. The maximum absolute atomic E-state index is 12.5. The van der Waals surface area contributed by atoms with E-state index >= 15 is 0 Å². The third-order valence-corrected chi connectivity index (χ3v) is 4.99. The van der Waals surface area contributed by atoms with Gasteiger partial charge in [-0.3, -0.25) is 4.79 Å². The van der Waals surface area contributed by atoms with Crippen LogP contribution in [0.25, 0.3) is 0 Å². The molecule has 0 aromatic heterocycles. The molecule has 5 atom stereocenters. The van der Waals surface area contributed by atoms with Crippen molar-refractivity contribution in [3.63, 3.8) is 0 Å². The molecular formula is C13H18O2. The first-order chi connectivity index (χ1) is 7.03. The third kappa shape index (κ3) is 0.840. The van der Waals surface area contributed by atoms with Crippen molar-refractivity contribution in [1.29, 1.82) is 0 Å². The Morgan fingerprint density at radius 3 is 2.73 bits per heavy atom. The lowest BCUT2D eigenvalue weighted by Crippen LogP contribution is -2.51. The van der Waals surface area contributed by atoms with E-state index in [4.69, 9.17) is 4.74 Å². The van der Waals surface area contributed by atoms with Crippen molar-refractivity contribution < 1.29 is 9.53 Å². The number of ether oxygens (including phenoxy) is 1. The highest BCUT2D eigenvalue weighted by Crippen LogP contribution is 2.61. The van der Waals surface area contributed by atoms with Gasteiger partial charge in [-0.25, -0.2) is 0 Å². The molecule has 2 aliphatic heterocycles. The zero-order valence-electron chi connectivity index (χ0n) is 9.62. The first-order valence-corrected chi connectivity index (χ1v) is 5.92. The summed E-state index contributed by atoms with van der Waals surface area (Å²) in [5.41, 5.74) is -0.508. The van der Waals surface area contributed by atoms with Crippen molar-refractivity contribution in [1.82, 2.24) is 0 Å². The van der Waals surface area contributed by atoms with Crippen LogP contribution in [0.15, 0.2) is 12.2 Å². The van der Waals surface area contributed by atoms with E-state index in [9.17, 15) is 4.79 Å². The van der Waals surface area contributed by atoms with E-state index in [-0.39, 0.29) is 23.0 Å². The zero-order valence-corrected chi connectivity index (χ0v) is 9.62. The molecule has 0 aromatic rings. The van der Waals surface area contributed by atoms with Crippen LogP contribution in [-0.2, 0) is 9.53 Å². The van der Waals surface area contributed by atoms with Gasteiger partial charge in [0.05, 0.1) is 23.0 Å². The molecule has 1 saturated heterocycles. The summed E-state index contributed by atoms with van der Waals surface area (Å²) in [6.07, 6.45) is 6.37. The largest absolute Gasteiger partial charge is 0.365 e. The molecule has 0 amide bonds. The Kier molecular flexibility index (Phi) is 1.62. The predicted octanol–water partition coefficient (Wildman–Crippen LogP) is 2.34. The summed E-state index contributed by atoms with van der Waals surface area (Å²) in [6, 6.07) is 0. The highest BCUT2D eigenvalue weighted by molar-refractivity contribution is 5.95. The molecule has 4 bridgehead atoms. The average Bonchev–Trinajstić information content (AvgIpc) is 2.73. The number of ketones is 1. The fourth-order valence-electron chi connectivity index (χ4n) is 3.95. The van der Waals surface area contributed by atoms with E-state index in [1.54, 1.807) is 0 Å². The minimum atomic E-state index is -0.257. The second-order valence-electron chi connectivity index (χ2n) is 5.70. The molecule has 0 spiro atoms. The SMILES string of the molecule is CC[C@@H]1C[C@]2(C)C(=O)[C@@]1(C)[C@H]1C=C[C@@H]2O1. The van der Waals surface area contributed by atoms with Crippen LogP contribution < -0.4 is 0 Å². The second kappa shape index (κ2) is 2.54. The fourth-order valence-corrected chi connectivity index (χ4v) is 3.95. The quantitative estimate of drug-likeness (QED) is 0.615. The van der Waals surface area contributed by atoms with E-state index < -0.39 is 0 Å². The van der Waals surface area contributed by atoms with Crippen molar-refractivity contribution in [2.75, 3.05) is 0 Å². The summed E-state index contributed by atoms with van der Waals surface area (Å²) in [5, 5.41) is 0. The summed E-state index contributed by atoms with van der Waals surface area (Å²) < 4.78 is 5.96. The number of carbonyl (C=O) groups excluding carboxylic acids is 1. The van der Waals surface area contributed by atoms with Crippen molar-refractivity contribution in [3.8, 4) is 0 Å². The minimum absolute atomic E-state index is 0.0375. The molecule has 82 valence electrons. The maximum Gasteiger partial charge on any atom is 0.150 e. The van der Waals surface area contributed by atoms with Crippen molar-refractivity contribution in [2.24, 2.45) is 16.7 Å². The normalized spacial score (nSPS) is 56.5. The van der Waals surface area contributed by atoms with Crippen LogP contribution in [0, 0.1) is 16.7 Å². The van der Waals surface area contributed by atoms with Crippen molar-refractivity contribution in [3.05, 3.63) is 12.2 Å². The van der Waals surface area contributed by atoms with Gasteiger partial charge in [0.1, 0.15) is 0 Å². The van der Waals surface area contributed by atoms with Gasteiger partial charge in [0, 0.05) is 0 Å². The number of rotatable bonds is 1. The van der Waals surface area contributed by atoms with Gasteiger partial charge >= 0.3 is 0 Å². The van der Waals surface area contributed by atoms with E-state index in [1.165, 1.54) is 0 Å². The fraction of sp³-hybridized carbons (Fsp3) is 0.769. The minimum Gasteiger partial charge on any atom is -0.365 e. The van der Waals surface area contributed by atoms with E-state index in [1.807, 2.05) is 0 Å². The predicted molar refractivity (Wildman–Crippen MR) is 57.4 cm³/mol. The topological polar surface area (TPSA) is 26.3 Å². The maximum atomic E-state index is 12.5. The Bertz CT molecular complexity index is 360. The van der Waals surface area contributed by atoms with Crippen LogP contribution in [0.2, 0.25) is 0 Å². The molecule has 1 aliphatic carbocycles. The molecule has 2 heteroatoms. The number of hydrogen-bond acceptors (Lipinski definition) is 2. The highest BCUT2D eigenvalue weighted by atomic mass is 16.5. The lowest BCUT2D eigenvalue weighted by molar-refractivity contribution is -0.160. The van der Waals surface area contributed by atoms with Gasteiger partial charge in [-0.15, -0.1) is 0 Å². The number of Topliss-reactive ketones (excluding diaryl/α,β-unsaturated/α-hetero) is 1. The highest BCUT2D eigenvalue weighted by Gasteiger charge is 2.67. The Morgan fingerprint density at radius 2 is 2.07 bits per heavy atom. The van der Waals surface area contributed by atoms with Crippen LogP contribution in [-0.4, -0.2) is 18.0 Å². The molecule has 2 nitrogen and oxygen atoms in total. The lowest BCUT2D eigenvalue weighted by atomic mass is 9.71. The van der Waals surface area contributed by atoms with Gasteiger partial charge in [-0.2, -0.15) is 0 Å². The summed E-state index contributed by atoms with van der Waals surface area (Å²) in [5.74, 6) is 0.933. The lowest BCUT2D eigenvalue weighted by Gasteiger charge is -2.40. The Morgan fingerprint density at radius 1 is 1.40 bits per heavy atom. The standard InChI is InChI=1S/C13H18O2/c1-4-8-7-12(2)9-5-6-10(15-9)13(8,3)11(12)14/h5-6,8-10H,4,7H2,1-3H3/t8-,9+,10-,12+,13-/m1/s1. The average molecular weight is 206 g/mol. The van der Waals surface area contributed by atoms with Crippen molar-refractivity contribution in [2.45, 2.75) is 45.8 Å². The van der Waals surface area contributed by atoms with Gasteiger partial charge in [0.15, 0.2) is 5.78 Å². The molecule has 3 rings (SSSR count). The van der Waals surface area contributed by atoms with E-state index in [0.29, 0.717) is 11.7 Å². The second-order valence-corrected chi connectivity index (χ2v) is 5.70. The molecule has 0 unspecified atom stereocenters.